The zero-order valence-corrected chi connectivity index (χ0v) is 12.8. The van der Waals surface area contributed by atoms with Gasteiger partial charge in [-0.05, 0) is 17.7 Å². The van der Waals surface area contributed by atoms with Gasteiger partial charge in [-0.15, -0.1) is 0 Å². The van der Waals surface area contributed by atoms with Crippen molar-refractivity contribution in [3.05, 3.63) is 70.1 Å². The number of alkyl halides is 3. The van der Waals surface area contributed by atoms with Gasteiger partial charge in [0.1, 0.15) is 18.2 Å². The third kappa shape index (κ3) is 4.46. The monoisotopic (exact) mass is 353 g/mol. The Labute approximate surface area is 140 Å². The summed E-state index contributed by atoms with van der Waals surface area (Å²) in [6.45, 7) is -0.681. The lowest BCUT2D eigenvalue weighted by molar-refractivity contribution is -0.139. The standard InChI is InChI=1S/C16H14F3N3O3/c17-16(18,19)11-7-4-8-22(15(11)25)9-12(23)21-13(14(20)24)10-5-2-1-3-6-10/h1-8,13H,9H2,(H2,20,24)(H,21,23). The van der Waals surface area contributed by atoms with Gasteiger partial charge < -0.3 is 15.6 Å². The van der Waals surface area contributed by atoms with E-state index in [1.165, 1.54) is 0 Å². The summed E-state index contributed by atoms with van der Waals surface area (Å²) in [5, 5.41) is 2.31. The number of pyridine rings is 1. The second-order valence-electron chi connectivity index (χ2n) is 5.17. The van der Waals surface area contributed by atoms with Crippen molar-refractivity contribution in [3.8, 4) is 0 Å². The highest BCUT2D eigenvalue weighted by Gasteiger charge is 2.34. The minimum Gasteiger partial charge on any atom is -0.368 e. The number of nitrogens with zero attached hydrogens (tertiary/aromatic N) is 1. The number of nitrogens with two attached hydrogens (primary N) is 1. The van der Waals surface area contributed by atoms with E-state index in [4.69, 9.17) is 5.73 Å². The van der Waals surface area contributed by atoms with Crippen LogP contribution < -0.4 is 16.6 Å². The largest absolute Gasteiger partial charge is 0.421 e. The fourth-order valence-electron chi connectivity index (χ4n) is 2.20. The highest BCUT2D eigenvalue weighted by Crippen LogP contribution is 2.25. The van der Waals surface area contributed by atoms with Crippen LogP contribution in [-0.4, -0.2) is 16.4 Å². The molecule has 0 aliphatic heterocycles. The Morgan fingerprint density at radius 3 is 2.32 bits per heavy atom. The summed E-state index contributed by atoms with van der Waals surface area (Å²) >= 11 is 0. The molecule has 0 fully saturated rings. The molecule has 0 bridgehead atoms. The molecule has 1 atom stereocenters. The van der Waals surface area contributed by atoms with Crippen LogP contribution in [0.15, 0.2) is 53.5 Å². The summed E-state index contributed by atoms with van der Waals surface area (Å²) in [5.74, 6) is -1.66. The Bertz CT molecular complexity index is 832. The van der Waals surface area contributed by atoms with Crippen LogP contribution in [-0.2, 0) is 22.3 Å². The highest BCUT2D eigenvalue weighted by molar-refractivity contribution is 5.87. The van der Waals surface area contributed by atoms with Crippen LogP contribution in [0.2, 0.25) is 0 Å². The molecule has 25 heavy (non-hydrogen) atoms. The van der Waals surface area contributed by atoms with Crippen molar-refractivity contribution in [2.24, 2.45) is 5.73 Å². The lowest BCUT2D eigenvalue weighted by atomic mass is 10.1. The highest BCUT2D eigenvalue weighted by atomic mass is 19.4. The molecular formula is C16H14F3N3O3. The zero-order chi connectivity index (χ0) is 18.6. The van der Waals surface area contributed by atoms with E-state index < -0.39 is 41.7 Å². The molecule has 2 aromatic rings. The van der Waals surface area contributed by atoms with E-state index in [1.54, 1.807) is 30.3 Å². The number of nitrogens with one attached hydrogen (secondary N) is 1. The van der Waals surface area contributed by atoms with Crippen molar-refractivity contribution in [1.29, 1.82) is 0 Å². The van der Waals surface area contributed by atoms with E-state index in [0.29, 0.717) is 16.2 Å². The predicted molar refractivity (Wildman–Crippen MR) is 82.2 cm³/mol. The summed E-state index contributed by atoms with van der Waals surface area (Å²) < 4.78 is 38.8. The van der Waals surface area contributed by atoms with Crippen molar-refractivity contribution in [2.75, 3.05) is 0 Å². The third-order valence-electron chi connectivity index (χ3n) is 3.36. The maximum Gasteiger partial charge on any atom is 0.421 e. The number of carbonyl (C=O) groups excluding carboxylic acids is 2. The van der Waals surface area contributed by atoms with E-state index >= 15 is 0 Å². The van der Waals surface area contributed by atoms with Crippen LogP contribution in [0.3, 0.4) is 0 Å². The Morgan fingerprint density at radius 1 is 1.12 bits per heavy atom. The van der Waals surface area contributed by atoms with Gasteiger partial charge in [-0.25, -0.2) is 0 Å². The van der Waals surface area contributed by atoms with Crippen molar-refractivity contribution < 1.29 is 22.8 Å². The maximum atomic E-state index is 12.7. The summed E-state index contributed by atoms with van der Waals surface area (Å²) in [5.41, 5.74) is 2.94. The number of hydrogen-bond acceptors (Lipinski definition) is 3. The summed E-state index contributed by atoms with van der Waals surface area (Å²) in [6.07, 6.45) is -3.77. The Morgan fingerprint density at radius 2 is 1.76 bits per heavy atom. The van der Waals surface area contributed by atoms with Gasteiger partial charge in [-0.3, -0.25) is 14.4 Å². The molecule has 2 amide bonds. The van der Waals surface area contributed by atoms with Crippen LogP contribution >= 0.6 is 0 Å². The van der Waals surface area contributed by atoms with Gasteiger partial charge >= 0.3 is 6.18 Å². The second kappa shape index (κ2) is 7.20. The van der Waals surface area contributed by atoms with Gasteiger partial charge in [0.2, 0.25) is 11.8 Å². The molecule has 1 heterocycles. The number of benzene rings is 1. The average Bonchev–Trinajstić information content (AvgIpc) is 2.54. The molecule has 0 spiro atoms. The number of hydrogen-bond donors (Lipinski definition) is 2. The minimum atomic E-state index is -4.82. The zero-order valence-electron chi connectivity index (χ0n) is 12.8. The van der Waals surface area contributed by atoms with E-state index in [1.807, 2.05) is 0 Å². The maximum absolute atomic E-state index is 12.7. The fourth-order valence-corrected chi connectivity index (χ4v) is 2.20. The topological polar surface area (TPSA) is 94.2 Å². The molecular weight excluding hydrogens is 339 g/mol. The molecule has 1 unspecified atom stereocenters. The molecule has 6 nitrogen and oxygen atoms in total. The summed E-state index contributed by atoms with van der Waals surface area (Å²) in [4.78, 5) is 35.4. The van der Waals surface area contributed by atoms with Crippen LogP contribution in [0.25, 0.3) is 0 Å². The normalized spacial score (nSPS) is 12.4. The third-order valence-corrected chi connectivity index (χ3v) is 3.36. The Hall–Kier alpha value is -3.10. The molecule has 1 aromatic carbocycles. The lowest BCUT2D eigenvalue weighted by Crippen LogP contribution is -2.41. The first kappa shape index (κ1) is 18.2. The first-order valence-corrected chi connectivity index (χ1v) is 7.10. The van der Waals surface area contributed by atoms with Gasteiger partial charge in [-0.1, -0.05) is 30.3 Å². The summed E-state index contributed by atoms with van der Waals surface area (Å²) in [6, 6.07) is 8.58. The van der Waals surface area contributed by atoms with Crippen molar-refractivity contribution in [3.63, 3.8) is 0 Å². The van der Waals surface area contributed by atoms with Gasteiger partial charge in [0.05, 0.1) is 0 Å². The molecule has 9 heteroatoms. The molecule has 2 rings (SSSR count). The smallest absolute Gasteiger partial charge is 0.368 e. The first-order chi connectivity index (χ1) is 11.7. The Kier molecular flexibility index (Phi) is 5.26. The van der Waals surface area contributed by atoms with Gasteiger partial charge in [-0.2, -0.15) is 13.2 Å². The van der Waals surface area contributed by atoms with Crippen LogP contribution in [0.1, 0.15) is 17.2 Å². The van der Waals surface area contributed by atoms with Crippen molar-refractivity contribution in [2.45, 2.75) is 18.8 Å². The van der Waals surface area contributed by atoms with Gasteiger partial charge in [0.15, 0.2) is 0 Å². The van der Waals surface area contributed by atoms with Crippen LogP contribution in [0.4, 0.5) is 13.2 Å². The van der Waals surface area contributed by atoms with Crippen LogP contribution in [0, 0.1) is 0 Å². The number of carbonyl (C=O) groups is 2. The molecule has 0 saturated heterocycles. The number of amides is 2. The van der Waals surface area contributed by atoms with E-state index in [9.17, 15) is 27.6 Å². The Balaban J connectivity index is 2.20. The molecule has 3 N–H and O–H groups in total. The van der Waals surface area contributed by atoms with Crippen LogP contribution in [0.5, 0.6) is 0 Å². The molecule has 0 radical (unpaired) electrons. The molecule has 0 saturated carbocycles. The first-order valence-electron chi connectivity index (χ1n) is 7.10. The number of rotatable bonds is 5. The molecule has 0 aliphatic rings. The van der Waals surface area contributed by atoms with Gasteiger partial charge in [0.25, 0.3) is 5.56 Å². The fraction of sp³-hybridized carbons (Fsp3) is 0.188. The summed E-state index contributed by atoms with van der Waals surface area (Å²) in [7, 11) is 0. The number of aromatic nitrogens is 1. The average molecular weight is 353 g/mol. The lowest BCUT2D eigenvalue weighted by Gasteiger charge is -2.16. The predicted octanol–water partition coefficient (Wildman–Crippen LogP) is 1.21. The van der Waals surface area contributed by atoms with E-state index in [0.717, 1.165) is 12.3 Å². The second-order valence-corrected chi connectivity index (χ2v) is 5.17. The van der Waals surface area contributed by atoms with Crippen molar-refractivity contribution >= 4 is 11.8 Å². The molecule has 1 aromatic heterocycles. The molecule has 132 valence electrons. The van der Waals surface area contributed by atoms with E-state index in [-0.39, 0.29) is 0 Å². The SMILES string of the molecule is NC(=O)C(NC(=O)Cn1cccc(C(F)(F)F)c1=O)c1ccccc1. The molecule has 0 aliphatic carbocycles. The van der Waals surface area contributed by atoms with Crippen molar-refractivity contribution in [1.82, 2.24) is 9.88 Å². The minimum absolute atomic E-state index is 0.416. The van der Waals surface area contributed by atoms with E-state index in [2.05, 4.69) is 5.32 Å². The number of primary amides is 1. The number of halogens is 3. The quantitative estimate of drug-likeness (QED) is 0.846. The van der Waals surface area contributed by atoms with Gasteiger partial charge in [0, 0.05) is 6.20 Å².